The van der Waals surface area contributed by atoms with Gasteiger partial charge in [0, 0.05) is 21.9 Å². The third kappa shape index (κ3) is 2.99. The van der Waals surface area contributed by atoms with Gasteiger partial charge < -0.3 is 4.74 Å². The molecule has 7 heteroatoms. The first kappa shape index (κ1) is 12.3. The van der Waals surface area contributed by atoms with Gasteiger partial charge in [-0.15, -0.1) is 0 Å². The highest BCUT2D eigenvalue weighted by atomic mass is 35.5. The monoisotopic (exact) mass is 327 g/mol. The van der Waals surface area contributed by atoms with Crippen LogP contribution in [0.4, 0.5) is 0 Å². The van der Waals surface area contributed by atoms with E-state index < -0.39 is 22.8 Å². The highest BCUT2D eigenvalue weighted by molar-refractivity contribution is 7.89. The predicted molar refractivity (Wildman–Crippen MR) is 75.6 cm³/mol. The average Bonchev–Trinajstić information content (AvgIpc) is 2.43. The number of benzene rings is 1. The first-order valence-corrected chi connectivity index (χ1v) is 7.84. The maximum absolute atomic E-state index is 12.6. The first-order valence-electron chi connectivity index (χ1n) is 6.80. The summed E-state index contributed by atoms with van der Waals surface area (Å²) in [7, 11) is -2.43. The molecule has 1 aliphatic rings. The van der Waals surface area contributed by atoms with E-state index in [-0.39, 0.29) is 28.0 Å². The highest BCUT2D eigenvalue weighted by Crippen LogP contribution is 2.35. The van der Waals surface area contributed by atoms with Crippen LogP contribution >= 0.6 is 23.2 Å². The Hall–Kier alpha value is -0.490. The van der Waals surface area contributed by atoms with Gasteiger partial charge in [0.05, 0.1) is 17.2 Å². The Labute approximate surface area is 126 Å². The fraction of sp³-hybridized carbons (Fsp3) is 0.500. The number of nitrogens with zero attached hydrogens (tertiary/aromatic N) is 1. The lowest BCUT2D eigenvalue weighted by molar-refractivity contribution is 0.346. The number of hydrogen-bond acceptors (Lipinski definition) is 3. The zero-order chi connectivity index (χ0) is 15.8. The van der Waals surface area contributed by atoms with Crippen LogP contribution in [0, 0.1) is 0 Å². The van der Waals surface area contributed by atoms with Crippen LogP contribution in [0.15, 0.2) is 17.0 Å². The number of hydrogen-bond donors (Lipinski definition) is 0. The summed E-state index contributed by atoms with van der Waals surface area (Å²) in [6.45, 7) is 0.183. The van der Waals surface area contributed by atoms with E-state index >= 15 is 0 Å². The Kier molecular flexibility index (Phi) is 3.79. The van der Waals surface area contributed by atoms with E-state index in [1.807, 2.05) is 0 Å². The topological polar surface area (TPSA) is 46.6 Å². The molecule has 1 saturated heterocycles. The van der Waals surface area contributed by atoms with Gasteiger partial charge in [0.2, 0.25) is 10.0 Å². The lowest BCUT2D eigenvalue weighted by Crippen LogP contribution is -2.35. The first-order chi connectivity index (χ1) is 9.77. The van der Waals surface area contributed by atoms with Crippen LogP contribution in [0.2, 0.25) is 10.0 Å². The summed E-state index contributed by atoms with van der Waals surface area (Å²) < 4.78 is 46.8. The molecule has 0 bridgehead atoms. The number of ether oxygens (including phenoxy) is 1. The van der Waals surface area contributed by atoms with Crippen LogP contribution in [-0.2, 0) is 10.0 Å². The minimum absolute atomic E-state index is 0.0174. The van der Waals surface area contributed by atoms with Crippen molar-refractivity contribution in [2.24, 2.45) is 0 Å². The van der Waals surface area contributed by atoms with Gasteiger partial charge in [-0.25, -0.2) is 8.42 Å². The number of halogens is 2. The highest BCUT2D eigenvalue weighted by Gasteiger charge is 2.28. The second-order valence-electron chi connectivity index (χ2n) is 4.04. The van der Waals surface area contributed by atoms with Gasteiger partial charge in [-0.3, -0.25) is 0 Å². The molecule has 0 N–H and O–H groups in total. The molecule has 2 rings (SSSR count). The van der Waals surface area contributed by atoms with E-state index in [1.54, 1.807) is 0 Å². The fourth-order valence-corrected chi connectivity index (χ4v) is 4.07. The Bertz CT molecular complexity index is 642. The van der Waals surface area contributed by atoms with E-state index in [0.717, 1.165) is 0 Å². The molecule has 106 valence electrons. The van der Waals surface area contributed by atoms with Gasteiger partial charge >= 0.3 is 0 Å². The van der Waals surface area contributed by atoms with Crippen molar-refractivity contribution in [2.75, 3.05) is 20.2 Å². The lowest BCUT2D eigenvalue weighted by atomic mass is 10.2. The van der Waals surface area contributed by atoms with Crippen molar-refractivity contribution >= 4 is 33.2 Å². The Balaban J connectivity index is 2.38. The van der Waals surface area contributed by atoms with Gasteiger partial charge in [-0.2, -0.15) is 4.31 Å². The second kappa shape index (κ2) is 5.87. The molecular weight excluding hydrogens is 309 g/mol. The molecule has 0 amide bonds. The van der Waals surface area contributed by atoms with Gasteiger partial charge in [0.25, 0.3) is 0 Å². The van der Waals surface area contributed by atoms with E-state index in [2.05, 4.69) is 0 Å². The number of sulfonamides is 1. The molecule has 4 nitrogen and oxygen atoms in total. The number of piperidine rings is 1. The summed E-state index contributed by atoms with van der Waals surface area (Å²) in [6, 6.07) is 2.61. The molecule has 1 aromatic rings. The van der Waals surface area contributed by atoms with Crippen molar-refractivity contribution in [3.8, 4) is 5.75 Å². The molecule has 0 spiro atoms. The SMILES string of the molecule is [3H]C1CCN(S(=O)(=O)c2cc(Cl)c(OC)cc2Cl)CC1[3H]. The van der Waals surface area contributed by atoms with E-state index in [4.69, 9.17) is 30.7 Å². The van der Waals surface area contributed by atoms with Crippen molar-refractivity contribution < 1.29 is 15.9 Å². The van der Waals surface area contributed by atoms with Crippen molar-refractivity contribution in [3.63, 3.8) is 0 Å². The van der Waals surface area contributed by atoms with Crippen LogP contribution in [0.3, 0.4) is 0 Å². The molecule has 0 aliphatic carbocycles. The largest absolute Gasteiger partial charge is 0.495 e. The summed E-state index contributed by atoms with van der Waals surface area (Å²) in [5, 5.41) is 0.170. The fourth-order valence-electron chi connectivity index (χ4n) is 1.84. The van der Waals surface area contributed by atoms with Crippen LogP contribution in [0.25, 0.3) is 0 Å². The van der Waals surface area contributed by atoms with Gasteiger partial charge in [0.15, 0.2) is 0 Å². The average molecular weight is 328 g/mol. The molecule has 0 aromatic heterocycles. The summed E-state index contributed by atoms with van der Waals surface area (Å²) in [4.78, 5) is -0.106. The summed E-state index contributed by atoms with van der Waals surface area (Å²) in [5.74, 6) is 0.295. The molecule has 2 unspecified atom stereocenters. The van der Waals surface area contributed by atoms with Crippen molar-refractivity contribution in [1.82, 2.24) is 4.31 Å². The van der Waals surface area contributed by atoms with E-state index in [1.165, 1.54) is 23.5 Å². The zero-order valence-electron chi connectivity index (χ0n) is 12.3. The van der Waals surface area contributed by atoms with Gasteiger partial charge in [-0.05, 0) is 18.9 Å². The van der Waals surface area contributed by atoms with Crippen molar-refractivity contribution in [3.05, 3.63) is 22.2 Å². The number of methoxy groups -OCH3 is 1. The quantitative estimate of drug-likeness (QED) is 0.856. The molecule has 2 atom stereocenters. The van der Waals surface area contributed by atoms with Crippen LogP contribution in [0.1, 0.15) is 22.0 Å². The predicted octanol–water partition coefficient (Wildman–Crippen LogP) is 3.18. The minimum Gasteiger partial charge on any atom is -0.495 e. The minimum atomic E-state index is -3.84. The Morgan fingerprint density at radius 2 is 2.00 bits per heavy atom. The van der Waals surface area contributed by atoms with Crippen molar-refractivity contribution in [2.45, 2.75) is 24.1 Å². The standard InChI is InChI=1S/C12H15Cl2NO3S/c1-18-11-7-10(14)12(8-9(11)13)19(16,17)15-5-3-2-4-6-15/h7-8H,2-6H2,1H3/i2T,3T. The van der Waals surface area contributed by atoms with Gasteiger partial charge in [0.1, 0.15) is 10.6 Å². The van der Waals surface area contributed by atoms with E-state index in [9.17, 15) is 8.42 Å². The van der Waals surface area contributed by atoms with Crippen LogP contribution in [-0.4, -0.2) is 32.9 Å². The normalized spacial score (nSPS) is 26.7. The smallest absolute Gasteiger partial charge is 0.244 e. The molecule has 0 saturated carbocycles. The molecule has 19 heavy (non-hydrogen) atoms. The summed E-state index contributed by atoms with van der Waals surface area (Å²) >= 11 is 12.0. The third-order valence-corrected chi connectivity index (χ3v) is 5.47. The van der Waals surface area contributed by atoms with Crippen LogP contribution < -0.4 is 4.74 Å². The maximum atomic E-state index is 12.6. The Morgan fingerprint density at radius 3 is 2.63 bits per heavy atom. The van der Waals surface area contributed by atoms with E-state index in [0.29, 0.717) is 12.2 Å². The van der Waals surface area contributed by atoms with Gasteiger partial charge in [-0.1, -0.05) is 29.6 Å². The lowest BCUT2D eigenvalue weighted by Gasteiger charge is -2.26. The summed E-state index contributed by atoms with van der Waals surface area (Å²) in [6.07, 6.45) is -0.998. The van der Waals surface area contributed by atoms with Crippen molar-refractivity contribution in [1.29, 1.82) is 0 Å². The molecular formula is C12H15Cl2NO3S. The second-order valence-corrected chi connectivity index (χ2v) is 6.76. The number of rotatable bonds is 3. The Morgan fingerprint density at radius 1 is 1.26 bits per heavy atom. The molecule has 1 heterocycles. The van der Waals surface area contributed by atoms with Crippen LogP contribution in [0.5, 0.6) is 5.75 Å². The molecule has 1 fully saturated rings. The molecule has 0 radical (unpaired) electrons. The molecule has 1 aromatic carbocycles. The third-order valence-electron chi connectivity index (χ3n) is 2.85. The molecule has 1 aliphatic heterocycles. The zero-order valence-corrected chi connectivity index (χ0v) is 12.6. The summed E-state index contributed by atoms with van der Waals surface area (Å²) in [5.41, 5.74) is 0. The maximum Gasteiger partial charge on any atom is 0.244 e.